The minimum Gasteiger partial charge on any atom is -0.291 e. The third kappa shape index (κ3) is 2.99. The quantitative estimate of drug-likeness (QED) is 0.856. The van der Waals surface area contributed by atoms with E-state index in [9.17, 15) is 4.79 Å². The third-order valence-electron chi connectivity index (χ3n) is 3.25. The van der Waals surface area contributed by atoms with E-state index in [4.69, 9.17) is 0 Å². The summed E-state index contributed by atoms with van der Waals surface area (Å²) in [6.45, 7) is 0.776. The molecule has 0 saturated carbocycles. The van der Waals surface area contributed by atoms with Gasteiger partial charge in [-0.3, -0.25) is 9.79 Å². The van der Waals surface area contributed by atoms with E-state index < -0.39 is 0 Å². The van der Waals surface area contributed by atoms with Crippen LogP contribution in [0.3, 0.4) is 0 Å². The van der Waals surface area contributed by atoms with Crippen LogP contribution in [0.2, 0.25) is 0 Å². The zero-order chi connectivity index (χ0) is 13.8. The first-order valence-corrected chi connectivity index (χ1v) is 7.66. The number of ketones is 1. The standard InChI is InChI=1S/C17H15NOS/c19-16(17-18-10-11-20-17)12-13-6-8-15(9-7-13)14-4-2-1-3-5-14/h1-9H,10-12H2. The Bertz CT molecular complexity index is 632. The number of carbonyl (C=O) groups excluding carboxylic acids is 1. The van der Waals surface area contributed by atoms with Crippen molar-refractivity contribution in [1.29, 1.82) is 0 Å². The van der Waals surface area contributed by atoms with Gasteiger partial charge in [0.2, 0.25) is 0 Å². The minimum atomic E-state index is 0.139. The van der Waals surface area contributed by atoms with E-state index in [0.717, 1.165) is 17.9 Å². The molecular weight excluding hydrogens is 266 g/mol. The molecule has 0 aliphatic carbocycles. The monoisotopic (exact) mass is 281 g/mol. The third-order valence-corrected chi connectivity index (χ3v) is 4.27. The fourth-order valence-corrected chi connectivity index (χ4v) is 3.00. The minimum absolute atomic E-state index is 0.139. The normalized spacial score (nSPS) is 14.1. The van der Waals surface area contributed by atoms with Crippen molar-refractivity contribution in [3.63, 3.8) is 0 Å². The van der Waals surface area contributed by atoms with Crippen LogP contribution in [-0.2, 0) is 11.2 Å². The predicted octanol–water partition coefficient (Wildman–Crippen LogP) is 3.61. The van der Waals surface area contributed by atoms with Crippen molar-refractivity contribution in [2.24, 2.45) is 4.99 Å². The summed E-state index contributed by atoms with van der Waals surface area (Å²) in [5, 5.41) is 0.692. The largest absolute Gasteiger partial charge is 0.291 e. The van der Waals surface area contributed by atoms with Crippen LogP contribution in [0.25, 0.3) is 11.1 Å². The Kier molecular flexibility index (Phi) is 3.97. The van der Waals surface area contributed by atoms with E-state index in [0.29, 0.717) is 11.5 Å². The van der Waals surface area contributed by atoms with Crippen LogP contribution in [0.15, 0.2) is 59.6 Å². The van der Waals surface area contributed by atoms with Gasteiger partial charge in [-0.1, -0.05) is 54.6 Å². The Labute approximate surface area is 122 Å². The summed E-state index contributed by atoms with van der Waals surface area (Å²) < 4.78 is 0. The first kappa shape index (κ1) is 13.1. The Morgan fingerprint density at radius 3 is 2.35 bits per heavy atom. The van der Waals surface area contributed by atoms with E-state index in [1.807, 2.05) is 30.3 Å². The van der Waals surface area contributed by atoms with Gasteiger partial charge in [0.25, 0.3) is 0 Å². The Balaban J connectivity index is 1.72. The fourth-order valence-electron chi connectivity index (χ4n) is 2.21. The molecule has 3 rings (SSSR count). The lowest BCUT2D eigenvalue weighted by Crippen LogP contribution is -2.11. The summed E-state index contributed by atoms with van der Waals surface area (Å²) in [5.74, 6) is 1.08. The van der Waals surface area contributed by atoms with Crippen LogP contribution in [0.4, 0.5) is 0 Å². The summed E-state index contributed by atoms with van der Waals surface area (Å²) in [4.78, 5) is 16.2. The highest BCUT2D eigenvalue weighted by atomic mass is 32.2. The van der Waals surface area contributed by atoms with E-state index >= 15 is 0 Å². The zero-order valence-corrected chi connectivity index (χ0v) is 11.9. The molecule has 0 fully saturated rings. The number of aliphatic imine (C=N–C) groups is 1. The van der Waals surface area contributed by atoms with Crippen molar-refractivity contribution in [3.05, 3.63) is 60.2 Å². The molecule has 0 bridgehead atoms. The van der Waals surface area contributed by atoms with Crippen LogP contribution in [0, 0.1) is 0 Å². The molecule has 0 amide bonds. The number of nitrogens with zero attached hydrogens (tertiary/aromatic N) is 1. The first-order chi connectivity index (χ1) is 9.83. The highest BCUT2D eigenvalue weighted by Crippen LogP contribution is 2.20. The van der Waals surface area contributed by atoms with Crippen LogP contribution >= 0.6 is 11.8 Å². The van der Waals surface area contributed by atoms with Gasteiger partial charge in [0.15, 0.2) is 5.78 Å². The maximum absolute atomic E-state index is 12.0. The smallest absolute Gasteiger partial charge is 0.191 e. The molecule has 0 saturated heterocycles. The molecule has 0 aromatic heterocycles. The second-order valence-corrected chi connectivity index (χ2v) is 5.78. The molecule has 2 aromatic rings. The number of hydrogen-bond acceptors (Lipinski definition) is 3. The van der Waals surface area contributed by atoms with Crippen molar-refractivity contribution in [2.75, 3.05) is 12.3 Å². The van der Waals surface area contributed by atoms with Crippen molar-refractivity contribution in [1.82, 2.24) is 0 Å². The number of carbonyl (C=O) groups is 1. The van der Waals surface area contributed by atoms with Gasteiger partial charge in [0.05, 0.1) is 0 Å². The van der Waals surface area contributed by atoms with Crippen LogP contribution in [0.1, 0.15) is 5.56 Å². The molecular formula is C17H15NOS. The van der Waals surface area contributed by atoms with Crippen LogP contribution in [0.5, 0.6) is 0 Å². The lowest BCUT2D eigenvalue weighted by atomic mass is 10.0. The van der Waals surface area contributed by atoms with E-state index in [2.05, 4.69) is 29.3 Å². The van der Waals surface area contributed by atoms with E-state index in [1.165, 1.54) is 11.1 Å². The van der Waals surface area contributed by atoms with Gasteiger partial charge in [0.1, 0.15) is 5.04 Å². The van der Waals surface area contributed by atoms with Gasteiger partial charge in [0, 0.05) is 18.7 Å². The maximum Gasteiger partial charge on any atom is 0.191 e. The van der Waals surface area contributed by atoms with E-state index in [-0.39, 0.29) is 5.78 Å². The average molecular weight is 281 g/mol. The van der Waals surface area contributed by atoms with Crippen molar-refractivity contribution in [3.8, 4) is 11.1 Å². The number of benzene rings is 2. The highest BCUT2D eigenvalue weighted by molar-refractivity contribution is 8.16. The Hall–Kier alpha value is -1.87. The van der Waals surface area contributed by atoms with Crippen molar-refractivity contribution < 1.29 is 4.79 Å². The number of rotatable bonds is 4. The highest BCUT2D eigenvalue weighted by Gasteiger charge is 2.16. The van der Waals surface area contributed by atoms with E-state index in [1.54, 1.807) is 11.8 Å². The summed E-state index contributed by atoms with van der Waals surface area (Å²) in [6.07, 6.45) is 0.445. The van der Waals surface area contributed by atoms with Crippen molar-refractivity contribution in [2.45, 2.75) is 6.42 Å². The molecule has 0 radical (unpaired) electrons. The number of Topliss-reactive ketones (excluding diaryl/α,β-unsaturated/α-hetero) is 1. The topological polar surface area (TPSA) is 29.4 Å². The van der Waals surface area contributed by atoms with Crippen LogP contribution in [-0.4, -0.2) is 23.1 Å². The van der Waals surface area contributed by atoms with Gasteiger partial charge >= 0.3 is 0 Å². The molecule has 1 aliphatic rings. The summed E-state index contributed by atoms with van der Waals surface area (Å²) in [7, 11) is 0. The molecule has 1 aliphatic heterocycles. The molecule has 3 heteroatoms. The molecule has 1 heterocycles. The predicted molar refractivity (Wildman–Crippen MR) is 85.3 cm³/mol. The van der Waals surface area contributed by atoms with Gasteiger partial charge in [-0.15, -0.1) is 11.8 Å². The summed E-state index contributed by atoms with van der Waals surface area (Å²) >= 11 is 1.57. The number of hydrogen-bond donors (Lipinski definition) is 0. The zero-order valence-electron chi connectivity index (χ0n) is 11.1. The van der Waals surface area contributed by atoms with Gasteiger partial charge in [-0.05, 0) is 16.7 Å². The lowest BCUT2D eigenvalue weighted by Gasteiger charge is -2.04. The second kappa shape index (κ2) is 6.06. The SMILES string of the molecule is O=C(Cc1ccc(-c2ccccc2)cc1)C1=NCCS1. The molecule has 2 nitrogen and oxygen atoms in total. The van der Waals surface area contributed by atoms with Crippen molar-refractivity contribution >= 4 is 22.6 Å². The maximum atomic E-state index is 12.0. The molecule has 100 valence electrons. The molecule has 0 N–H and O–H groups in total. The van der Waals surface area contributed by atoms with Crippen LogP contribution < -0.4 is 0 Å². The van der Waals surface area contributed by atoms with Gasteiger partial charge in [-0.2, -0.15) is 0 Å². The van der Waals surface area contributed by atoms with Gasteiger partial charge in [-0.25, -0.2) is 0 Å². The molecule has 20 heavy (non-hydrogen) atoms. The first-order valence-electron chi connectivity index (χ1n) is 6.68. The number of thioether (sulfide) groups is 1. The Morgan fingerprint density at radius 1 is 1.00 bits per heavy atom. The van der Waals surface area contributed by atoms with Gasteiger partial charge < -0.3 is 0 Å². The fraction of sp³-hybridized carbons (Fsp3) is 0.176. The lowest BCUT2D eigenvalue weighted by molar-refractivity contribution is -0.112. The second-order valence-electron chi connectivity index (χ2n) is 4.70. The molecule has 0 spiro atoms. The molecule has 0 unspecified atom stereocenters. The molecule has 0 atom stereocenters. The average Bonchev–Trinajstić information content (AvgIpc) is 3.03. The Morgan fingerprint density at radius 2 is 1.70 bits per heavy atom. The molecule has 2 aromatic carbocycles. The summed E-state index contributed by atoms with van der Waals surface area (Å²) in [5.41, 5.74) is 3.42. The summed E-state index contributed by atoms with van der Waals surface area (Å²) in [6, 6.07) is 18.4.